The Labute approximate surface area is 102 Å². The van der Waals surface area contributed by atoms with Crippen molar-refractivity contribution < 1.29 is 0 Å². The van der Waals surface area contributed by atoms with Gasteiger partial charge in [0.05, 0.1) is 10.4 Å². The minimum Gasteiger partial charge on any atom is -0.294 e. The van der Waals surface area contributed by atoms with E-state index in [1.165, 1.54) is 0 Å². The number of thiophene rings is 1. The van der Waals surface area contributed by atoms with Crippen LogP contribution in [0.4, 0.5) is 0 Å². The van der Waals surface area contributed by atoms with Crippen LogP contribution in [0, 0.1) is 6.92 Å². The van der Waals surface area contributed by atoms with Gasteiger partial charge in [-0.1, -0.05) is 11.6 Å². The fraction of sp³-hybridized carbons (Fsp3) is 0.333. The highest BCUT2D eigenvalue weighted by atomic mass is 35.5. The molecule has 3 nitrogen and oxygen atoms in total. The zero-order chi connectivity index (χ0) is 11.0. The van der Waals surface area contributed by atoms with Crippen LogP contribution in [0.3, 0.4) is 0 Å². The largest absolute Gasteiger partial charge is 0.294 e. The molecule has 80 valence electrons. The van der Waals surface area contributed by atoms with Gasteiger partial charge in [0.2, 0.25) is 5.28 Å². The molecule has 15 heavy (non-hydrogen) atoms. The fourth-order valence-electron chi connectivity index (χ4n) is 1.46. The van der Waals surface area contributed by atoms with Gasteiger partial charge in [-0.15, -0.1) is 21.5 Å². The Hall–Kier alpha value is -0.580. The molecule has 0 N–H and O–H groups in total. The molecule has 0 saturated carbocycles. The average Bonchev–Trinajstić information content (AvgIpc) is 2.73. The van der Waals surface area contributed by atoms with E-state index < -0.39 is 0 Å². The third kappa shape index (κ3) is 2.02. The van der Waals surface area contributed by atoms with Crippen molar-refractivity contribution in [2.24, 2.45) is 0 Å². The molecule has 0 aliphatic heterocycles. The van der Waals surface area contributed by atoms with Crippen LogP contribution in [0.25, 0.3) is 0 Å². The van der Waals surface area contributed by atoms with Crippen molar-refractivity contribution in [1.82, 2.24) is 14.8 Å². The highest BCUT2D eigenvalue weighted by Crippen LogP contribution is 2.30. The van der Waals surface area contributed by atoms with Gasteiger partial charge in [0.15, 0.2) is 0 Å². The van der Waals surface area contributed by atoms with E-state index in [1.807, 2.05) is 30.5 Å². The molecule has 1 atom stereocenters. The lowest BCUT2D eigenvalue weighted by atomic mass is 10.3. The third-order valence-corrected chi connectivity index (χ3v) is 3.88. The molecule has 0 amide bonds. The molecule has 6 heteroatoms. The number of halogens is 2. The minimum atomic E-state index is 0.116. The number of hydrogen-bond acceptors (Lipinski definition) is 3. The molecule has 2 rings (SSSR count). The highest BCUT2D eigenvalue weighted by molar-refractivity contribution is 7.16. The molecule has 1 unspecified atom stereocenters. The van der Waals surface area contributed by atoms with E-state index in [2.05, 4.69) is 10.2 Å². The summed E-state index contributed by atoms with van der Waals surface area (Å²) in [6, 6.07) is 3.99. The molecule has 0 fully saturated rings. The number of hydrogen-bond donors (Lipinski definition) is 0. The Morgan fingerprint density at radius 3 is 2.53 bits per heavy atom. The van der Waals surface area contributed by atoms with Gasteiger partial charge < -0.3 is 0 Å². The zero-order valence-electron chi connectivity index (χ0n) is 8.24. The molecule has 0 aliphatic carbocycles. The van der Waals surface area contributed by atoms with E-state index in [0.29, 0.717) is 5.28 Å². The van der Waals surface area contributed by atoms with Gasteiger partial charge in [-0.2, -0.15) is 0 Å². The maximum Gasteiger partial charge on any atom is 0.225 e. The first-order valence-electron chi connectivity index (χ1n) is 4.42. The second-order valence-electron chi connectivity index (χ2n) is 3.20. The van der Waals surface area contributed by atoms with Gasteiger partial charge in [0.25, 0.3) is 0 Å². The third-order valence-electron chi connectivity index (χ3n) is 2.22. The second kappa shape index (κ2) is 4.12. The summed E-state index contributed by atoms with van der Waals surface area (Å²) in [5.74, 6) is 0.803. The molecular formula is C9H9Cl2N3S. The summed E-state index contributed by atoms with van der Waals surface area (Å²) in [7, 11) is 0. The molecule has 0 spiro atoms. The maximum absolute atomic E-state index is 5.96. The number of nitrogens with zero attached hydrogens (tertiary/aromatic N) is 3. The van der Waals surface area contributed by atoms with Crippen molar-refractivity contribution in [3.63, 3.8) is 0 Å². The van der Waals surface area contributed by atoms with E-state index in [0.717, 1.165) is 15.0 Å². The van der Waals surface area contributed by atoms with E-state index in [4.69, 9.17) is 23.2 Å². The molecule has 0 saturated heterocycles. The Bertz CT molecular complexity index is 458. The summed E-state index contributed by atoms with van der Waals surface area (Å²) in [4.78, 5) is 1.14. The molecular weight excluding hydrogens is 253 g/mol. The molecule has 2 heterocycles. The van der Waals surface area contributed by atoms with E-state index >= 15 is 0 Å². The van der Waals surface area contributed by atoms with Crippen LogP contribution < -0.4 is 0 Å². The van der Waals surface area contributed by atoms with Crippen LogP contribution in [0.1, 0.15) is 23.7 Å². The van der Waals surface area contributed by atoms with Crippen LogP contribution in [0.2, 0.25) is 9.62 Å². The van der Waals surface area contributed by atoms with Gasteiger partial charge >= 0.3 is 0 Å². The van der Waals surface area contributed by atoms with Gasteiger partial charge in [0.1, 0.15) is 5.82 Å². The van der Waals surface area contributed by atoms with Gasteiger partial charge in [0, 0.05) is 4.88 Å². The van der Waals surface area contributed by atoms with E-state index in [-0.39, 0.29) is 6.04 Å². The van der Waals surface area contributed by atoms with Crippen LogP contribution in [-0.2, 0) is 0 Å². The summed E-state index contributed by atoms with van der Waals surface area (Å²) in [6.07, 6.45) is 0. The zero-order valence-corrected chi connectivity index (χ0v) is 10.6. The molecule has 0 aliphatic rings. The Balaban J connectivity index is 2.40. The lowest BCUT2D eigenvalue weighted by molar-refractivity contribution is 0.629. The van der Waals surface area contributed by atoms with Gasteiger partial charge in [-0.25, -0.2) is 0 Å². The fourth-order valence-corrected chi connectivity index (χ4v) is 2.87. The van der Waals surface area contributed by atoms with Crippen molar-refractivity contribution in [1.29, 1.82) is 0 Å². The van der Waals surface area contributed by atoms with E-state index in [9.17, 15) is 0 Å². The van der Waals surface area contributed by atoms with Gasteiger partial charge in [-0.05, 0) is 37.6 Å². The van der Waals surface area contributed by atoms with Crippen LogP contribution >= 0.6 is 34.5 Å². The van der Waals surface area contributed by atoms with Crippen molar-refractivity contribution in [2.75, 3.05) is 0 Å². The topological polar surface area (TPSA) is 30.7 Å². The number of aromatic nitrogens is 3. The molecule has 0 radical (unpaired) electrons. The summed E-state index contributed by atoms with van der Waals surface area (Å²) < 4.78 is 2.66. The average molecular weight is 262 g/mol. The lowest BCUT2D eigenvalue weighted by Gasteiger charge is -2.12. The first-order valence-corrected chi connectivity index (χ1v) is 5.99. The summed E-state index contributed by atoms with van der Waals surface area (Å²) in [5.41, 5.74) is 0. The van der Waals surface area contributed by atoms with E-state index in [1.54, 1.807) is 11.3 Å². The minimum absolute atomic E-state index is 0.116. The van der Waals surface area contributed by atoms with Crippen molar-refractivity contribution in [2.45, 2.75) is 19.9 Å². The van der Waals surface area contributed by atoms with Crippen LogP contribution in [0.15, 0.2) is 12.1 Å². The molecule has 0 aromatic carbocycles. The lowest BCUT2D eigenvalue weighted by Crippen LogP contribution is -2.07. The molecule has 2 aromatic rings. The first-order chi connectivity index (χ1) is 7.09. The van der Waals surface area contributed by atoms with Crippen LogP contribution in [-0.4, -0.2) is 14.8 Å². The van der Waals surface area contributed by atoms with Crippen molar-refractivity contribution in [3.05, 3.63) is 32.5 Å². The number of aryl methyl sites for hydroxylation is 1. The Morgan fingerprint density at radius 1 is 1.33 bits per heavy atom. The summed E-state index contributed by atoms with van der Waals surface area (Å²) in [5, 5.41) is 8.15. The monoisotopic (exact) mass is 261 g/mol. The normalized spacial score (nSPS) is 13.1. The summed E-state index contributed by atoms with van der Waals surface area (Å²) in [6.45, 7) is 3.93. The first kappa shape index (κ1) is 10.9. The summed E-state index contributed by atoms with van der Waals surface area (Å²) >= 11 is 13.4. The maximum atomic E-state index is 5.96. The second-order valence-corrected chi connectivity index (χ2v) is 5.29. The molecule has 2 aromatic heterocycles. The predicted molar refractivity (Wildman–Crippen MR) is 62.9 cm³/mol. The SMILES string of the molecule is Cc1nnc(Cl)n1C(C)c1ccc(Cl)s1. The van der Waals surface area contributed by atoms with Gasteiger partial charge in [-0.3, -0.25) is 4.57 Å². The number of rotatable bonds is 2. The Kier molecular flexibility index (Phi) is 3.00. The quantitative estimate of drug-likeness (QED) is 0.828. The Morgan fingerprint density at radius 2 is 2.07 bits per heavy atom. The van der Waals surface area contributed by atoms with Crippen molar-refractivity contribution >= 4 is 34.5 Å². The molecule has 0 bridgehead atoms. The highest BCUT2D eigenvalue weighted by Gasteiger charge is 2.16. The van der Waals surface area contributed by atoms with Crippen LogP contribution in [0.5, 0.6) is 0 Å². The standard InChI is InChI=1S/C9H9Cl2N3S/c1-5(7-3-4-8(10)15-7)14-6(2)12-13-9(14)11/h3-5H,1-2H3. The smallest absolute Gasteiger partial charge is 0.225 e. The van der Waals surface area contributed by atoms with Crippen molar-refractivity contribution in [3.8, 4) is 0 Å². The predicted octanol–water partition coefficient (Wildman–Crippen LogP) is 3.56.